The van der Waals surface area contributed by atoms with Gasteiger partial charge in [-0.15, -0.1) is 11.3 Å². The van der Waals surface area contributed by atoms with E-state index in [-0.39, 0.29) is 19.3 Å². The van der Waals surface area contributed by atoms with Crippen molar-refractivity contribution in [3.63, 3.8) is 0 Å². The number of hydrogen-bond acceptors (Lipinski definition) is 6. The Hall–Kier alpha value is -1.77. The van der Waals surface area contributed by atoms with E-state index in [0.717, 1.165) is 21.1 Å². The molecule has 23 heavy (non-hydrogen) atoms. The molecule has 0 aromatic carbocycles. The fourth-order valence-corrected chi connectivity index (χ4v) is 3.42. The molecule has 8 heteroatoms. The summed E-state index contributed by atoms with van der Waals surface area (Å²) in [6.07, 6.45) is 0.983. The van der Waals surface area contributed by atoms with Crippen LogP contribution in [0.1, 0.15) is 18.2 Å². The molecule has 0 unspecified atom stereocenters. The van der Waals surface area contributed by atoms with Crippen molar-refractivity contribution in [1.29, 1.82) is 0 Å². The molecule has 1 atom stereocenters. The molecule has 0 radical (unpaired) electrons. The third kappa shape index (κ3) is 3.29. The number of morpholine rings is 1. The Bertz CT molecular complexity index is 604. The highest BCUT2D eigenvalue weighted by Crippen LogP contribution is 2.19. The second-order valence-corrected chi connectivity index (χ2v) is 6.64. The highest BCUT2D eigenvalue weighted by atomic mass is 32.1. The van der Waals surface area contributed by atoms with Crippen LogP contribution in [0, 0.1) is 0 Å². The Kier molecular flexibility index (Phi) is 4.74. The fourth-order valence-electron chi connectivity index (χ4n) is 2.73. The fraction of sp³-hybridized carbons (Fsp3) is 0.533. The molecule has 2 saturated heterocycles. The standard InChI is InChI=1S/C15H19N3O4S/c1-2-11-8-16(5-6-22-11)10-18-14(20)13(19)17(15(18)21)9-12-4-3-7-23-12/h3-4,7,11H,2,5-6,8-10H2,1H3/t11-/m1/s1. The van der Waals surface area contributed by atoms with E-state index in [1.807, 2.05) is 29.3 Å². The molecule has 2 fully saturated rings. The largest absolute Gasteiger partial charge is 0.376 e. The molecule has 0 N–H and O–H groups in total. The number of rotatable bonds is 5. The first kappa shape index (κ1) is 16.1. The van der Waals surface area contributed by atoms with E-state index in [1.165, 1.54) is 11.3 Å². The quantitative estimate of drug-likeness (QED) is 0.595. The van der Waals surface area contributed by atoms with Crippen molar-refractivity contribution in [2.75, 3.05) is 26.4 Å². The van der Waals surface area contributed by atoms with Gasteiger partial charge in [-0.2, -0.15) is 0 Å². The highest BCUT2D eigenvalue weighted by Gasteiger charge is 2.45. The van der Waals surface area contributed by atoms with Gasteiger partial charge in [-0.05, 0) is 17.9 Å². The van der Waals surface area contributed by atoms with E-state index < -0.39 is 17.8 Å². The van der Waals surface area contributed by atoms with Crippen molar-refractivity contribution in [3.8, 4) is 0 Å². The molecule has 3 rings (SSSR count). The molecule has 2 aliphatic rings. The molecule has 0 aliphatic carbocycles. The lowest BCUT2D eigenvalue weighted by atomic mass is 10.2. The zero-order valence-electron chi connectivity index (χ0n) is 12.9. The number of nitrogens with zero attached hydrogens (tertiary/aromatic N) is 3. The summed E-state index contributed by atoms with van der Waals surface area (Å²) in [6.45, 7) is 4.20. The zero-order valence-corrected chi connectivity index (χ0v) is 13.8. The summed E-state index contributed by atoms with van der Waals surface area (Å²) in [7, 11) is 0. The molecule has 124 valence electrons. The molecule has 0 saturated carbocycles. The van der Waals surface area contributed by atoms with E-state index >= 15 is 0 Å². The summed E-state index contributed by atoms with van der Waals surface area (Å²) in [4.78, 5) is 41.6. The Labute approximate surface area is 138 Å². The Morgan fingerprint density at radius 2 is 2.04 bits per heavy atom. The molecule has 1 aromatic heterocycles. The van der Waals surface area contributed by atoms with Crippen LogP contribution < -0.4 is 0 Å². The molecule has 2 aliphatic heterocycles. The minimum Gasteiger partial charge on any atom is -0.376 e. The van der Waals surface area contributed by atoms with Crippen LogP contribution in [0.25, 0.3) is 0 Å². The van der Waals surface area contributed by atoms with Gasteiger partial charge < -0.3 is 4.74 Å². The number of urea groups is 1. The first-order valence-corrected chi connectivity index (χ1v) is 8.51. The van der Waals surface area contributed by atoms with E-state index in [1.54, 1.807) is 0 Å². The van der Waals surface area contributed by atoms with Crippen LogP contribution in [-0.2, 0) is 20.9 Å². The van der Waals surface area contributed by atoms with Gasteiger partial charge in [0, 0.05) is 18.0 Å². The lowest BCUT2D eigenvalue weighted by Crippen LogP contribution is -2.49. The van der Waals surface area contributed by atoms with Crippen LogP contribution in [-0.4, -0.2) is 65.0 Å². The summed E-state index contributed by atoms with van der Waals surface area (Å²) in [5, 5.41) is 1.87. The van der Waals surface area contributed by atoms with Gasteiger partial charge in [0.1, 0.15) is 0 Å². The second-order valence-electron chi connectivity index (χ2n) is 5.61. The minimum atomic E-state index is -0.747. The number of hydrogen-bond donors (Lipinski definition) is 0. The van der Waals surface area contributed by atoms with Gasteiger partial charge in [0.15, 0.2) is 0 Å². The topological polar surface area (TPSA) is 70.2 Å². The minimum absolute atomic E-state index is 0.106. The van der Waals surface area contributed by atoms with Gasteiger partial charge >= 0.3 is 17.8 Å². The van der Waals surface area contributed by atoms with E-state index in [9.17, 15) is 14.4 Å². The molecular weight excluding hydrogens is 318 g/mol. The van der Waals surface area contributed by atoms with Gasteiger partial charge in [-0.1, -0.05) is 13.0 Å². The molecule has 0 bridgehead atoms. The van der Waals surface area contributed by atoms with Crippen molar-refractivity contribution >= 4 is 29.2 Å². The van der Waals surface area contributed by atoms with Gasteiger partial charge in [0.05, 0.1) is 25.9 Å². The van der Waals surface area contributed by atoms with Gasteiger partial charge in [-0.3, -0.25) is 19.4 Å². The predicted octanol–water partition coefficient (Wildman–Crippen LogP) is 1.11. The zero-order chi connectivity index (χ0) is 16.4. The SMILES string of the molecule is CC[C@@H]1CN(CN2C(=O)C(=O)N(Cc3cccs3)C2=O)CCO1. The summed E-state index contributed by atoms with van der Waals surface area (Å²) in [5.41, 5.74) is 0. The first-order chi connectivity index (χ1) is 11.1. The molecule has 7 nitrogen and oxygen atoms in total. The van der Waals surface area contributed by atoms with Crippen LogP contribution in [0.3, 0.4) is 0 Å². The summed E-state index contributed by atoms with van der Waals surface area (Å²) in [6, 6.07) is 3.16. The molecule has 3 heterocycles. The van der Waals surface area contributed by atoms with Gasteiger partial charge in [-0.25, -0.2) is 9.69 Å². The molecule has 1 aromatic rings. The van der Waals surface area contributed by atoms with Gasteiger partial charge in [0.2, 0.25) is 0 Å². The number of imide groups is 2. The average Bonchev–Trinajstić information content (AvgIpc) is 3.14. The van der Waals surface area contributed by atoms with Crippen molar-refractivity contribution in [3.05, 3.63) is 22.4 Å². The maximum absolute atomic E-state index is 12.4. The monoisotopic (exact) mass is 337 g/mol. The molecule has 0 spiro atoms. The Morgan fingerprint density at radius 1 is 1.26 bits per heavy atom. The van der Waals surface area contributed by atoms with Crippen molar-refractivity contribution in [1.82, 2.24) is 14.7 Å². The number of amides is 4. The molecule has 4 amide bonds. The van der Waals surface area contributed by atoms with Crippen molar-refractivity contribution in [2.24, 2.45) is 0 Å². The maximum Gasteiger partial charge on any atom is 0.335 e. The third-order valence-corrected chi connectivity index (χ3v) is 4.91. The maximum atomic E-state index is 12.4. The first-order valence-electron chi connectivity index (χ1n) is 7.63. The normalized spacial score (nSPS) is 23.2. The number of carbonyl (C=O) groups excluding carboxylic acids is 3. The number of ether oxygens (including phenoxy) is 1. The Balaban J connectivity index is 1.67. The number of thiophene rings is 1. The molecular formula is C15H19N3O4S. The number of carbonyl (C=O) groups is 3. The van der Waals surface area contributed by atoms with E-state index in [2.05, 4.69) is 0 Å². The van der Waals surface area contributed by atoms with Crippen LogP contribution in [0.4, 0.5) is 4.79 Å². The lowest BCUT2D eigenvalue weighted by Gasteiger charge is -2.33. The lowest BCUT2D eigenvalue weighted by molar-refractivity contribution is -0.144. The second kappa shape index (κ2) is 6.77. The van der Waals surface area contributed by atoms with Gasteiger partial charge in [0.25, 0.3) is 0 Å². The summed E-state index contributed by atoms with van der Waals surface area (Å²) < 4.78 is 5.58. The van der Waals surface area contributed by atoms with E-state index in [4.69, 9.17) is 4.74 Å². The van der Waals surface area contributed by atoms with E-state index in [0.29, 0.717) is 19.7 Å². The Morgan fingerprint density at radius 3 is 2.74 bits per heavy atom. The van der Waals surface area contributed by atoms with Crippen LogP contribution in [0.2, 0.25) is 0 Å². The van der Waals surface area contributed by atoms with Crippen LogP contribution >= 0.6 is 11.3 Å². The van der Waals surface area contributed by atoms with Crippen LogP contribution in [0.5, 0.6) is 0 Å². The van der Waals surface area contributed by atoms with Crippen LogP contribution in [0.15, 0.2) is 17.5 Å². The summed E-state index contributed by atoms with van der Waals surface area (Å²) in [5.74, 6) is -1.49. The highest BCUT2D eigenvalue weighted by molar-refractivity contribution is 7.09. The summed E-state index contributed by atoms with van der Waals surface area (Å²) >= 11 is 1.45. The average molecular weight is 337 g/mol. The third-order valence-electron chi connectivity index (χ3n) is 4.05. The smallest absolute Gasteiger partial charge is 0.335 e. The van der Waals surface area contributed by atoms with Crippen molar-refractivity contribution < 1.29 is 19.1 Å². The van der Waals surface area contributed by atoms with Crippen molar-refractivity contribution in [2.45, 2.75) is 26.0 Å². The predicted molar refractivity (Wildman–Crippen MR) is 83.6 cm³/mol.